The van der Waals surface area contributed by atoms with Gasteiger partial charge in [0.2, 0.25) is 5.91 Å². The molecule has 7 heteroatoms. The quantitative estimate of drug-likeness (QED) is 0.533. The molecule has 1 aliphatic carbocycles. The number of hydrogen-bond donors (Lipinski definition) is 2. The van der Waals surface area contributed by atoms with Gasteiger partial charge in [0.15, 0.2) is 5.13 Å². The van der Waals surface area contributed by atoms with E-state index in [0.717, 1.165) is 29.7 Å². The van der Waals surface area contributed by atoms with Crippen LogP contribution in [0.15, 0.2) is 78.0 Å². The molecule has 0 unspecified atom stereocenters. The van der Waals surface area contributed by atoms with Crippen LogP contribution in [0.4, 0.5) is 5.13 Å². The lowest BCUT2D eigenvalue weighted by Crippen LogP contribution is -2.32. The second-order valence-electron chi connectivity index (χ2n) is 7.99. The summed E-state index contributed by atoms with van der Waals surface area (Å²) >= 11 is 1.36. The number of anilines is 1. The number of aromatic nitrogens is 2. The summed E-state index contributed by atoms with van der Waals surface area (Å²) in [6.07, 6.45) is 14.2. The maximum atomic E-state index is 12.3. The van der Waals surface area contributed by atoms with Crippen LogP contribution in [-0.4, -0.2) is 27.9 Å². The zero-order valence-electron chi connectivity index (χ0n) is 18.7. The second kappa shape index (κ2) is 10.3. The highest BCUT2D eigenvalue weighted by Crippen LogP contribution is 2.28. The van der Waals surface area contributed by atoms with E-state index >= 15 is 0 Å². The minimum Gasteiger partial charge on any atom is -0.356 e. The van der Waals surface area contributed by atoms with E-state index in [2.05, 4.69) is 59.0 Å². The molecule has 2 amide bonds. The van der Waals surface area contributed by atoms with E-state index in [0.29, 0.717) is 10.7 Å². The van der Waals surface area contributed by atoms with Crippen LogP contribution in [0, 0.1) is 0 Å². The van der Waals surface area contributed by atoms with Crippen molar-refractivity contribution >= 4 is 33.9 Å². The summed E-state index contributed by atoms with van der Waals surface area (Å²) in [4.78, 5) is 28.9. The van der Waals surface area contributed by atoms with Crippen LogP contribution in [0.1, 0.15) is 35.7 Å². The average Bonchev–Trinajstić information content (AvgIpc) is 3.44. The molecule has 4 rings (SSSR count). The third kappa shape index (κ3) is 5.96. The highest BCUT2D eigenvalue weighted by Gasteiger charge is 2.12. The highest BCUT2D eigenvalue weighted by atomic mass is 32.1. The zero-order chi connectivity index (χ0) is 23.2. The Labute approximate surface area is 197 Å². The van der Waals surface area contributed by atoms with Gasteiger partial charge in [-0.2, -0.15) is 0 Å². The molecule has 2 aromatic heterocycles. The molecule has 1 aliphatic rings. The standard InChI is InChI=1S/C26H26N4O2S/c1-18-6-3-8-19(9-4-7-18)20-10-5-11-21(14-20)23-17-33-26(28-23)29-24(31)15-27-25(32)22-12-13-30(2)16-22/h3,5-6,8-14,16-17H,4,7,15H2,1-2H3,(H,27,32)(H,28,29,31)/b8-3-,18-6-,19-9+. The maximum absolute atomic E-state index is 12.3. The van der Waals surface area contributed by atoms with Crippen LogP contribution in [0.25, 0.3) is 16.8 Å². The smallest absolute Gasteiger partial charge is 0.253 e. The Balaban J connectivity index is 1.39. The van der Waals surface area contributed by atoms with E-state index in [-0.39, 0.29) is 18.4 Å². The molecule has 3 aromatic rings. The van der Waals surface area contributed by atoms with Crippen molar-refractivity contribution in [1.29, 1.82) is 0 Å². The van der Waals surface area contributed by atoms with E-state index in [4.69, 9.17) is 0 Å². The molecule has 0 aliphatic heterocycles. The van der Waals surface area contributed by atoms with Crippen LogP contribution in [0.3, 0.4) is 0 Å². The fourth-order valence-electron chi connectivity index (χ4n) is 3.52. The van der Waals surface area contributed by atoms with Crippen molar-refractivity contribution < 1.29 is 9.59 Å². The molecule has 2 heterocycles. The number of hydrogen-bond acceptors (Lipinski definition) is 4. The number of carbonyl (C=O) groups excluding carboxylic acids is 2. The minimum atomic E-state index is -0.318. The molecule has 33 heavy (non-hydrogen) atoms. The Morgan fingerprint density at radius 3 is 2.88 bits per heavy atom. The van der Waals surface area contributed by atoms with Crippen LogP contribution >= 0.6 is 11.3 Å². The molecule has 0 fully saturated rings. The van der Waals surface area contributed by atoms with Gasteiger partial charge in [0.1, 0.15) is 0 Å². The lowest BCUT2D eigenvalue weighted by molar-refractivity contribution is -0.115. The van der Waals surface area contributed by atoms with Gasteiger partial charge in [-0.05, 0) is 43.0 Å². The average molecular weight is 459 g/mol. The summed E-state index contributed by atoms with van der Waals surface area (Å²) in [5.74, 6) is -0.604. The van der Waals surface area contributed by atoms with E-state index in [1.54, 1.807) is 23.0 Å². The lowest BCUT2D eigenvalue weighted by atomic mass is 9.98. The van der Waals surface area contributed by atoms with Crippen LogP contribution in [0.5, 0.6) is 0 Å². The SMILES string of the molecule is C/C1=C/C=C\C(c2cccc(-c3csc(NC(=O)CNC(=O)c4ccn(C)c4)n3)c2)=C/CC1. The number of nitrogens with one attached hydrogen (secondary N) is 2. The first-order valence-electron chi connectivity index (χ1n) is 10.8. The van der Waals surface area contributed by atoms with Crippen molar-refractivity contribution in [2.45, 2.75) is 19.8 Å². The summed E-state index contributed by atoms with van der Waals surface area (Å²) in [5.41, 5.74) is 6.02. The van der Waals surface area contributed by atoms with Crippen LogP contribution < -0.4 is 10.6 Å². The summed E-state index contributed by atoms with van der Waals surface area (Å²) < 4.78 is 1.78. The Kier molecular flexibility index (Phi) is 7.00. The van der Waals surface area contributed by atoms with Crippen molar-refractivity contribution in [3.05, 3.63) is 89.1 Å². The van der Waals surface area contributed by atoms with E-state index < -0.39 is 0 Å². The van der Waals surface area contributed by atoms with Crippen molar-refractivity contribution in [2.75, 3.05) is 11.9 Å². The monoisotopic (exact) mass is 458 g/mol. The van der Waals surface area contributed by atoms with Crippen LogP contribution in [-0.2, 0) is 11.8 Å². The molecule has 0 spiro atoms. The van der Waals surface area contributed by atoms with Crippen LogP contribution in [0.2, 0.25) is 0 Å². The Morgan fingerprint density at radius 1 is 1.21 bits per heavy atom. The molecule has 0 atom stereocenters. The molecular formula is C26H26N4O2S. The van der Waals surface area contributed by atoms with Gasteiger partial charge >= 0.3 is 0 Å². The number of aryl methyl sites for hydroxylation is 1. The molecule has 2 N–H and O–H groups in total. The van der Waals surface area contributed by atoms with Crippen molar-refractivity contribution in [2.24, 2.45) is 7.05 Å². The van der Waals surface area contributed by atoms with Gasteiger partial charge in [0.05, 0.1) is 17.8 Å². The first-order chi connectivity index (χ1) is 16.0. The van der Waals surface area contributed by atoms with Gasteiger partial charge in [0.25, 0.3) is 5.91 Å². The largest absolute Gasteiger partial charge is 0.356 e. The first-order valence-corrected chi connectivity index (χ1v) is 11.7. The van der Waals surface area contributed by atoms with Gasteiger partial charge in [-0.15, -0.1) is 11.3 Å². The fraction of sp³-hybridized carbons (Fsp3) is 0.192. The predicted octanol–water partition coefficient (Wildman–Crippen LogP) is 5.20. The van der Waals surface area contributed by atoms with E-state index in [1.807, 2.05) is 24.6 Å². The zero-order valence-corrected chi connectivity index (χ0v) is 19.5. The highest BCUT2D eigenvalue weighted by molar-refractivity contribution is 7.14. The van der Waals surface area contributed by atoms with Gasteiger partial charge in [-0.3, -0.25) is 9.59 Å². The van der Waals surface area contributed by atoms with E-state index in [1.165, 1.54) is 22.5 Å². The number of benzene rings is 1. The molecule has 0 saturated heterocycles. The molecule has 0 radical (unpaired) electrons. The topological polar surface area (TPSA) is 76.0 Å². The van der Waals surface area contributed by atoms with Gasteiger partial charge in [-0.1, -0.05) is 48.1 Å². The summed E-state index contributed by atoms with van der Waals surface area (Å²) in [5, 5.41) is 7.81. The minimum absolute atomic E-state index is 0.119. The number of amides is 2. The second-order valence-corrected chi connectivity index (χ2v) is 8.84. The Hall–Kier alpha value is -3.71. The van der Waals surface area contributed by atoms with Crippen molar-refractivity contribution in [3.63, 3.8) is 0 Å². The van der Waals surface area contributed by atoms with Crippen molar-refractivity contribution in [1.82, 2.24) is 14.9 Å². The fourth-order valence-corrected chi connectivity index (χ4v) is 4.26. The Morgan fingerprint density at radius 2 is 2.06 bits per heavy atom. The van der Waals surface area contributed by atoms with Gasteiger partial charge in [0, 0.05) is 30.4 Å². The number of allylic oxidation sites excluding steroid dienone is 6. The predicted molar refractivity (Wildman–Crippen MR) is 134 cm³/mol. The van der Waals surface area contributed by atoms with Gasteiger partial charge < -0.3 is 15.2 Å². The molecule has 1 aromatic carbocycles. The summed E-state index contributed by atoms with van der Waals surface area (Å²) in [6, 6.07) is 9.96. The normalized spacial score (nSPS) is 17.6. The lowest BCUT2D eigenvalue weighted by Gasteiger charge is -2.08. The molecule has 168 valence electrons. The molecule has 0 saturated carbocycles. The summed E-state index contributed by atoms with van der Waals surface area (Å²) in [7, 11) is 1.84. The van der Waals surface area contributed by atoms with Gasteiger partial charge in [-0.25, -0.2) is 4.98 Å². The van der Waals surface area contributed by atoms with E-state index in [9.17, 15) is 9.59 Å². The Bertz CT molecular complexity index is 1260. The van der Waals surface area contributed by atoms with Crippen molar-refractivity contribution in [3.8, 4) is 11.3 Å². The number of rotatable bonds is 6. The molecule has 0 bridgehead atoms. The number of carbonyl (C=O) groups is 2. The summed E-state index contributed by atoms with van der Waals surface area (Å²) in [6.45, 7) is 2.03. The molecular weight excluding hydrogens is 432 g/mol. The number of thiazole rings is 1. The third-order valence-electron chi connectivity index (χ3n) is 5.31. The molecule has 6 nitrogen and oxygen atoms in total. The maximum Gasteiger partial charge on any atom is 0.253 e. The third-order valence-corrected chi connectivity index (χ3v) is 6.06. The first kappa shape index (κ1) is 22.5. The number of nitrogens with zero attached hydrogens (tertiary/aromatic N) is 2.